The summed E-state index contributed by atoms with van der Waals surface area (Å²) >= 11 is 1.19. The van der Waals surface area contributed by atoms with Crippen LogP contribution in [-0.2, 0) is 4.79 Å². The molecule has 1 amide bonds. The summed E-state index contributed by atoms with van der Waals surface area (Å²) in [6, 6.07) is 15.0. The highest BCUT2D eigenvalue weighted by atomic mass is 32.1. The van der Waals surface area contributed by atoms with E-state index in [4.69, 9.17) is 4.74 Å². The van der Waals surface area contributed by atoms with Gasteiger partial charge in [0.05, 0.1) is 0 Å². The first-order valence-electron chi connectivity index (χ1n) is 8.36. The first-order chi connectivity index (χ1) is 13.0. The van der Waals surface area contributed by atoms with Gasteiger partial charge in [0.1, 0.15) is 16.3 Å². The second-order valence-electron chi connectivity index (χ2n) is 6.08. The Labute approximate surface area is 161 Å². The predicted octanol–water partition coefficient (Wildman–Crippen LogP) is 4.75. The molecule has 0 atom stereocenters. The number of carbonyl (C=O) groups is 2. The van der Waals surface area contributed by atoms with Crippen molar-refractivity contribution in [2.45, 2.75) is 13.8 Å². The molecule has 0 aliphatic heterocycles. The summed E-state index contributed by atoms with van der Waals surface area (Å²) in [7, 11) is 0. The number of aromatic carboxylic acids is 1. The molecule has 138 valence electrons. The molecule has 5 nitrogen and oxygen atoms in total. The minimum atomic E-state index is -1.08. The Morgan fingerprint density at radius 3 is 2.33 bits per heavy atom. The number of hydrogen-bond acceptors (Lipinski definition) is 4. The van der Waals surface area contributed by atoms with E-state index in [1.165, 1.54) is 11.3 Å². The largest absolute Gasteiger partial charge is 0.483 e. The highest BCUT2D eigenvalue weighted by Gasteiger charge is 2.21. The van der Waals surface area contributed by atoms with Gasteiger partial charge < -0.3 is 15.2 Å². The first-order valence-corrected chi connectivity index (χ1v) is 9.24. The molecule has 0 fully saturated rings. The molecule has 0 spiro atoms. The fourth-order valence-corrected chi connectivity index (χ4v) is 3.80. The predicted molar refractivity (Wildman–Crippen MR) is 107 cm³/mol. The quantitative estimate of drug-likeness (QED) is 0.646. The lowest BCUT2D eigenvalue weighted by atomic mass is 10.0. The zero-order valence-corrected chi connectivity index (χ0v) is 15.8. The standard InChI is InChI=1S/C21H19NO4S/c1-13-7-6-8-14(2)19(13)26-11-17(23)22-20-18(21(24)25)16(12-27-20)15-9-4-3-5-10-15/h3-10,12H,11H2,1-2H3,(H,22,23)(H,24,25). The first kappa shape index (κ1) is 18.7. The number of rotatable bonds is 6. The number of nitrogens with one attached hydrogen (secondary N) is 1. The number of anilines is 1. The van der Waals surface area contributed by atoms with Gasteiger partial charge in [-0.15, -0.1) is 11.3 Å². The molecule has 1 heterocycles. The zero-order valence-electron chi connectivity index (χ0n) is 15.0. The van der Waals surface area contributed by atoms with Crippen LogP contribution in [0.2, 0.25) is 0 Å². The lowest BCUT2D eigenvalue weighted by Crippen LogP contribution is -2.21. The van der Waals surface area contributed by atoms with Crippen LogP contribution in [0.5, 0.6) is 5.75 Å². The Morgan fingerprint density at radius 1 is 1.04 bits per heavy atom. The monoisotopic (exact) mass is 381 g/mol. The van der Waals surface area contributed by atoms with Crippen LogP contribution in [0.1, 0.15) is 21.5 Å². The van der Waals surface area contributed by atoms with Crippen molar-refractivity contribution >= 4 is 28.2 Å². The van der Waals surface area contributed by atoms with Crippen LogP contribution < -0.4 is 10.1 Å². The lowest BCUT2D eigenvalue weighted by Gasteiger charge is -2.12. The summed E-state index contributed by atoms with van der Waals surface area (Å²) in [5.74, 6) is -0.815. The van der Waals surface area contributed by atoms with Crippen molar-refractivity contribution in [3.8, 4) is 16.9 Å². The van der Waals surface area contributed by atoms with E-state index in [1.807, 2.05) is 62.4 Å². The van der Waals surface area contributed by atoms with Crippen LogP contribution >= 0.6 is 11.3 Å². The second-order valence-corrected chi connectivity index (χ2v) is 6.96. The molecule has 1 aromatic heterocycles. The molecule has 0 bridgehead atoms. The van der Waals surface area contributed by atoms with Gasteiger partial charge in [0.15, 0.2) is 6.61 Å². The summed E-state index contributed by atoms with van der Waals surface area (Å²) < 4.78 is 5.64. The van der Waals surface area contributed by atoms with E-state index in [1.54, 1.807) is 5.38 Å². The van der Waals surface area contributed by atoms with E-state index >= 15 is 0 Å². The molecule has 0 saturated heterocycles. The molecular weight excluding hydrogens is 362 g/mol. The van der Waals surface area contributed by atoms with Crippen LogP contribution in [0.15, 0.2) is 53.9 Å². The highest BCUT2D eigenvalue weighted by Crippen LogP contribution is 2.35. The van der Waals surface area contributed by atoms with Crippen molar-refractivity contribution < 1.29 is 19.4 Å². The third-order valence-electron chi connectivity index (χ3n) is 4.10. The summed E-state index contributed by atoms with van der Waals surface area (Å²) in [5, 5.41) is 14.3. The van der Waals surface area contributed by atoms with Gasteiger partial charge in [0.2, 0.25) is 0 Å². The van der Waals surface area contributed by atoms with Crippen molar-refractivity contribution in [1.82, 2.24) is 0 Å². The van der Waals surface area contributed by atoms with E-state index in [0.717, 1.165) is 16.7 Å². The number of benzene rings is 2. The van der Waals surface area contributed by atoms with E-state index < -0.39 is 11.9 Å². The number of para-hydroxylation sites is 1. The van der Waals surface area contributed by atoms with E-state index in [2.05, 4.69) is 5.32 Å². The summed E-state index contributed by atoms with van der Waals surface area (Å²) in [5.41, 5.74) is 3.34. The van der Waals surface area contributed by atoms with E-state index in [9.17, 15) is 14.7 Å². The smallest absolute Gasteiger partial charge is 0.339 e. The average molecular weight is 381 g/mol. The number of hydrogen-bond donors (Lipinski definition) is 2. The molecule has 0 saturated carbocycles. The van der Waals surface area contributed by atoms with Crippen LogP contribution in [0.3, 0.4) is 0 Å². The lowest BCUT2D eigenvalue weighted by molar-refractivity contribution is -0.118. The van der Waals surface area contributed by atoms with Crippen molar-refractivity contribution in [3.05, 3.63) is 70.6 Å². The molecule has 0 aliphatic carbocycles. The maximum atomic E-state index is 12.3. The van der Waals surface area contributed by atoms with Gasteiger partial charge >= 0.3 is 5.97 Å². The minimum absolute atomic E-state index is 0.0895. The second kappa shape index (κ2) is 8.05. The molecule has 6 heteroatoms. The van der Waals surface area contributed by atoms with Gasteiger partial charge in [-0.05, 0) is 30.5 Å². The SMILES string of the molecule is Cc1cccc(C)c1OCC(=O)Nc1scc(-c2ccccc2)c1C(=O)O. The zero-order chi connectivity index (χ0) is 19.4. The highest BCUT2D eigenvalue weighted by molar-refractivity contribution is 7.15. The Kier molecular flexibility index (Phi) is 5.57. The fraction of sp³-hybridized carbons (Fsp3) is 0.143. The maximum absolute atomic E-state index is 12.3. The summed E-state index contributed by atoms with van der Waals surface area (Å²) in [6.45, 7) is 3.63. The number of ether oxygens (including phenoxy) is 1. The van der Waals surface area contributed by atoms with Crippen LogP contribution in [-0.4, -0.2) is 23.6 Å². The number of carboxylic acids is 1. The maximum Gasteiger partial charge on any atom is 0.339 e. The summed E-state index contributed by atoms with van der Waals surface area (Å²) in [4.78, 5) is 24.1. The summed E-state index contributed by atoms with van der Waals surface area (Å²) in [6.07, 6.45) is 0. The van der Waals surface area contributed by atoms with Gasteiger partial charge in [-0.2, -0.15) is 0 Å². The van der Waals surface area contributed by atoms with Gasteiger partial charge in [-0.25, -0.2) is 4.79 Å². The van der Waals surface area contributed by atoms with Crippen molar-refractivity contribution in [2.24, 2.45) is 0 Å². The Hall–Kier alpha value is -3.12. The van der Waals surface area contributed by atoms with Crippen molar-refractivity contribution in [1.29, 1.82) is 0 Å². The molecule has 2 N–H and O–H groups in total. The van der Waals surface area contributed by atoms with Gasteiger partial charge in [0, 0.05) is 10.9 Å². The fourth-order valence-electron chi connectivity index (χ4n) is 2.82. The molecular formula is C21H19NO4S. The molecule has 2 aromatic carbocycles. The van der Waals surface area contributed by atoms with Crippen molar-refractivity contribution in [2.75, 3.05) is 11.9 Å². The molecule has 0 radical (unpaired) electrons. The normalized spacial score (nSPS) is 10.4. The molecule has 27 heavy (non-hydrogen) atoms. The molecule has 0 aliphatic rings. The number of carbonyl (C=O) groups excluding carboxylic acids is 1. The average Bonchev–Trinajstić information content (AvgIpc) is 3.06. The minimum Gasteiger partial charge on any atom is -0.483 e. The van der Waals surface area contributed by atoms with Gasteiger partial charge in [-0.3, -0.25) is 4.79 Å². The number of amides is 1. The van der Waals surface area contributed by atoms with Gasteiger partial charge in [0.25, 0.3) is 5.91 Å². The molecule has 3 aromatic rings. The van der Waals surface area contributed by atoms with E-state index in [0.29, 0.717) is 16.3 Å². The number of thiophene rings is 1. The molecule has 3 rings (SSSR count). The van der Waals surface area contributed by atoms with Crippen LogP contribution in [0, 0.1) is 13.8 Å². The van der Waals surface area contributed by atoms with Crippen LogP contribution in [0.4, 0.5) is 5.00 Å². The van der Waals surface area contributed by atoms with E-state index in [-0.39, 0.29) is 12.2 Å². The Balaban J connectivity index is 1.77. The molecule has 0 unspecified atom stereocenters. The van der Waals surface area contributed by atoms with Crippen molar-refractivity contribution in [3.63, 3.8) is 0 Å². The third kappa shape index (κ3) is 4.17. The van der Waals surface area contributed by atoms with Crippen LogP contribution in [0.25, 0.3) is 11.1 Å². The number of aryl methyl sites for hydroxylation is 2. The Morgan fingerprint density at radius 2 is 1.70 bits per heavy atom. The number of carboxylic acid groups (broad SMARTS) is 1. The topological polar surface area (TPSA) is 75.6 Å². The third-order valence-corrected chi connectivity index (χ3v) is 4.99. The van der Waals surface area contributed by atoms with Gasteiger partial charge in [-0.1, -0.05) is 48.5 Å². The Bertz CT molecular complexity index is 959.